The number of phenolic OH excluding ortho intramolecular Hbond substituents is 1. The molecular formula is C15H20FN3O4S. The molecule has 2 fully saturated rings. The number of anilines is 1. The Bertz CT molecular complexity index is 771. The van der Waals surface area contributed by atoms with Crippen LogP contribution in [-0.4, -0.2) is 38.1 Å². The third kappa shape index (κ3) is 3.18. The van der Waals surface area contributed by atoms with Gasteiger partial charge in [-0.2, -0.15) is 8.42 Å². The van der Waals surface area contributed by atoms with Crippen LogP contribution in [0.3, 0.4) is 0 Å². The molecule has 3 rings (SSSR count). The Hall–Kier alpha value is -1.87. The maximum absolute atomic E-state index is 14.4. The van der Waals surface area contributed by atoms with Crippen molar-refractivity contribution in [2.75, 3.05) is 17.4 Å². The van der Waals surface area contributed by atoms with E-state index < -0.39 is 39.9 Å². The molecule has 0 aliphatic carbocycles. The fourth-order valence-electron chi connectivity index (χ4n) is 3.41. The van der Waals surface area contributed by atoms with Crippen LogP contribution in [-0.2, 0) is 21.4 Å². The average molecular weight is 357 g/mol. The van der Waals surface area contributed by atoms with Crippen LogP contribution in [0.5, 0.6) is 5.75 Å². The fourth-order valence-corrected chi connectivity index (χ4v) is 4.58. The fraction of sp³-hybridized carbons (Fsp3) is 0.533. The number of halogens is 1. The lowest BCUT2D eigenvalue weighted by molar-refractivity contribution is -0.117. The Kier molecular flexibility index (Phi) is 3.95. The van der Waals surface area contributed by atoms with Crippen LogP contribution in [0.15, 0.2) is 12.1 Å². The van der Waals surface area contributed by atoms with E-state index >= 15 is 0 Å². The minimum Gasteiger partial charge on any atom is -0.506 e. The predicted octanol–water partition coefficient (Wildman–Crippen LogP) is 0.643. The molecule has 2 heterocycles. The van der Waals surface area contributed by atoms with E-state index in [-0.39, 0.29) is 5.54 Å². The Morgan fingerprint density at radius 3 is 2.62 bits per heavy atom. The molecule has 3 N–H and O–H groups in total. The zero-order valence-corrected chi connectivity index (χ0v) is 14.3. The van der Waals surface area contributed by atoms with Gasteiger partial charge in [0.2, 0.25) is 0 Å². The van der Waals surface area contributed by atoms with Gasteiger partial charge >= 0.3 is 10.2 Å². The molecule has 2 aliphatic heterocycles. The van der Waals surface area contributed by atoms with Crippen LogP contribution < -0.4 is 14.3 Å². The van der Waals surface area contributed by atoms with Crippen molar-refractivity contribution in [2.24, 2.45) is 5.92 Å². The number of phenols is 1. The van der Waals surface area contributed by atoms with Gasteiger partial charge in [-0.05, 0) is 56.8 Å². The zero-order valence-electron chi connectivity index (χ0n) is 13.5. The predicted molar refractivity (Wildman–Crippen MR) is 86.4 cm³/mol. The van der Waals surface area contributed by atoms with Gasteiger partial charge in [0, 0.05) is 5.54 Å². The van der Waals surface area contributed by atoms with Gasteiger partial charge in [-0.1, -0.05) is 0 Å². The highest BCUT2D eigenvalue weighted by Gasteiger charge is 2.37. The molecular weight excluding hydrogens is 337 g/mol. The summed E-state index contributed by atoms with van der Waals surface area (Å²) in [5.74, 6) is -1.81. The molecule has 9 heteroatoms. The first-order valence-electron chi connectivity index (χ1n) is 7.67. The largest absolute Gasteiger partial charge is 0.506 e. The van der Waals surface area contributed by atoms with Gasteiger partial charge in [0.1, 0.15) is 18.0 Å². The van der Waals surface area contributed by atoms with E-state index in [1.807, 2.05) is 0 Å². The lowest BCUT2D eigenvalue weighted by atomic mass is 9.92. The summed E-state index contributed by atoms with van der Waals surface area (Å²) in [7, 11) is -4.16. The number of carbonyl (C=O) groups excluding carboxylic acids is 1. The number of hydrogen-bond donors (Lipinski definition) is 3. The van der Waals surface area contributed by atoms with Gasteiger partial charge in [0.05, 0.1) is 0 Å². The molecule has 24 heavy (non-hydrogen) atoms. The van der Waals surface area contributed by atoms with E-state index in [2.05, 4.69) is 19.2 Å². The standard InChI is InChI=1S/C15H20FN3O4S/c1-15(2)6-10(7-17-15)3-9-4-11(16)14(12(20)5-9)19-8-13(21)18-24(19,22)23/h4-5,10,17,20H,3,6-8H2,1-2H3,(H,18,21). The Balaban J connectivity index is 1.86. The second-order valence-corrected chi connectivity index (χ2v) is 8.62. The summed E-state index contributed by atoms with van der Waals surface area (Å²) in [4.78, 5) is 11.3. The van der Waals surface area contributed by atoms with Gasteiger partial charge in [-0.3, -0.25) is 4.79 Å². The first-order chi connectivity index (χ1) is 11.1. The number of aromatic hydroxyl groups is 1. The van der Waals surface area contributed by atoms with Crippen molar-refractivity contribution in [3.63, 3.8) is 0 Å². The molecule has 1 amide bonds. The van der Waals surface area contributed by atoms with Crippen molar-refractivity contribution in [2.45, 2.75) is 32.2 Å². The summed E-state index contributed by atoms with van der Waals surface area (Å²) in [6.07, 6.45) is 1.50. The van der Waals surface area contributed by atoms with Crippen molar-refractivity contribution in [3.8, 4) is 5.75 Å². The van der Waals surface area contributed by atoms with Crippen LogP contribution in [0, 0.1) is 11.7 Å². The van der Waals surface area contributed by atoms with Crippen LogP contribution in [0.4, 0.5) is 10.1 Å². The summed E-state index contributed by atoms with van der Waals surface area (Å²) in [5.41, 5.74) is 0.122. The van der Waals surface area contributed by atoms with E-state index in [1.54, 1.807) is 4.72 Å². The van der Waals surface area contributed by atoms with E-state index in [4.69, 9.17) is 0 Å². The minimum atomic E-state index is -4.16. The number of nitrogens with one attached hydrogen (secondary N) is 2. The first kappa shape index (κ1) is 17.0. The van der Waals surface area contributed by atoms with Gasteiger partial charge in [0.25, 0.3) is 5.91 Å². The highest BCUT2D eigenvalue weighted by Crippen LogP contribution is 2.36. The SMILES string of the molecule is CC1(C)CC(Cc2cc(O)c(N3CC(=O)NS3(=O)=O)c(F)c2)CN1. The van der Waals surface area contributed by atoms with Crippen molar-refractivity contribution < 1.29 is 22.7 Å². The van der Waals surface area contributed by atoms with Crippen LogP contribution in [0.2, 0.25) is 0 Å². The Morgan fingerprint density at radius 2 is 2.12 bits per heavy atom. The van der Waals surface area contributed by atoms with Crippen molar-refractivity contribution >= 4 is 21.8 Å². The molecule has 0 aromatic heterocycles. The Morgan fingerprint density at radius 1 is 1.42 bits per heavy atom. The number of rotatable bonds is 3. The van der Waals surface area contributed by atoms with Crippen LogP contribution in [0.25, 0.3) is 0 Å². The summed E-state index contributed by atoms with van der Waals surface area (Å²) < 4.78 is 40.4. The third-order valence-corrected chi connectivity index (χ3v) is 5.74. The number of hydrogen-bond acceptors (Lipinski definition) is 5. The molecule has 1 unspecified atom stereocenters. The smallest absolute Gasteiger partial charge is 0.326 e. The summed E-state index contributed by atoms with van der Waals surface area (Å²) >= 11 is 0. The third-order valence-electron chi connectivity index (χ3n) is 4.37. The van der Waals surface area contributed by atoms with Gasteiger partial charge in [-0.15, -0.1) is 0 Å². The summed E-state index contributed by atoms with van der Waals surface area (Å²) in [5, 5.41) is 13.5. The molecule has 1 atom stereocenters. The maximum Gasteiger partial charge on any atom is 0.326 e. The molecule has 2 saturated heterocycles. The average Bonchev–Trinajstić information content (AvgIpc) is 2.87. The summed E-state index contributed by atoms with van der Waals surface area (Å²) in [6, 6.07) is 2.58. The molecule has 132 valence electrons. The molecule has 0 radical (unpaired) electrons. The molecule has 1 aromatic carbocycles. The summed E-state index contributed by atoms with van der Waals surface area (Å²) in [6.45, 7) is 4.44. The molecule has 2 aliphatic rings. The van der Waals surface area contributed by atoms with E-state index in [1.165, 1.54) is 12.1 Å². The van der Waals surface area contributed by atoms with Crippen molar-refractivity contribution in [1.82, 2.24) is 10.0 Å². The maximum atomic E-state index is 14.4. The second-order valence-electron chi connectivity index (χ2n) is 7.02. The topological polar surface area (TPSA) is 98.7 Å². The minimum absolute atomic E-state index is 0.0286. The number of nitrogens with zero attached hydrogens (tertiary/aromatic N) is 1. The van der Waals surface area contributed by atoms with Gasteiger partial charge < -0.3 is 10.4 Å². The van der Waals surface area contributed by atoms with Gasteiger partial charge in [0.15, 0.2) is 5.82 Å². The van der Waals surface area contributed by atoms with Crippen LogP contribution in [0.1, 0.15) is 25.8 Å². The monoisotopic (exact) mass is 357 g/mol. The van der Waals surface area contributed by atoms with E-state index in [0.717, 1.165) is 13.0 Å². The zero-order chi connectivity index (χ0) is 17.7. The lowest BCUT2D eigenvalue weighted by Gasteiger charge is -2.19. The molecule has 7 nitrogen and oxygen atoms in total. The lowest BCUT2D eigenvalue weighted by Crippen LogP contribution is -2.31. The highest BCUT2D eigenvalue weighted by atomic mass is 32.2. The number of amides is 1. The molecule has 1 aromatic rings. The number of carbonyl (C=O) groups is 1. The van der Waals surface area contributed by atoms with Gasteiger partial charge in [-0.25, -0.2) is 13.4 Å². The number of benzene rings is 1. The van der Waals surface area contributed by atoms with Crippen LogP contribution >= 0.6 is 0 Å². The second kappa shape index (κ2) is 5.59. The molecule has 0 saturated carbocycles. The normalized spacial score (nSPS) is 25.0. The Labute approximate surface area is 140 Å². The molecule has 0 spiro atoms. The van der Waals surface area contributed by atoms with Crippen molar-refractivity contribution in [3.05, 3.63) is 23.5 Å². The van der Waals surface area contributed by atoms with E-state index in [9.17, 15) is 22.7 Å². The first-order valence-corrected chi connectivity index (χ1v) is 9.11. The van der Waals surface area contributed by atoms with Crippen molar-refractivity contribution in [1.29, 1.82) is 0 Å². The highest BCUT2D eigenvalue weighted by molar-refractivity contribution is 7.92. The van der Waals surface area contributed by atoms with E-state index in [0.29, 0.717) is 22.2 Å². The molecule has 0 bridgehead atoms. The quantitative estimate of drug-likeness (QED) is 0.737.